The van der Waals surface area contributed by atoms with Gasteiger partial charge in [0.05, 0.1) is 16.5 Å². The summed E-state index contributed by atoms with van der Waals surface area (Å²) < 4.78 is 0. The number of hydrogen-bond acceptors (Lipinski definition) is 5. The summed E-state index contributed by atoms with van der Waals surface area (Å²) in [5.41, 5.74) is 4.60. The predicted octanol–water partition coefficient (Wildman–Crippen LogP) is 4.07. The van der Waals surface area contributed by atoms with E-state index in [0.717, 1.165) is 33.5 Å². The highest BCUT2D eigenvalue weighted by Crippen LogP contribution is 2.25. The van der Waals surface area contributed by atoms with E-state index in [-0.39, 0.29) is 11.2 Å². The second-order valence-electron chi connectivity index (χ2n) is 5.93. The molecule has 0 fully saturated rings. The van der Waals surface area contributed by atoms with Crippen LogP contribution in [0.15, 0.2) is 41.7 Å². The summed E-state index contributed by atoms with van der Waals surface area (Å²) in [7, 11) is 0. The van der Waals surface area contributed by atoms with E-state index in [4.69, 9.17) is 0 Å². The minimum absolute atomic E-state index is 0.0826. The Morgan fingerprint density at radius 3 is 2.52 bits per heavy atom. The molecule has 3 rings (SSSR count). The largest absolute Gasteiger partial charge is 0.324 e. The number of carbonyl (C=O) groups is 1. The van der Waals surface area contributed by atoms with E-state index in [0.29, 0.717) is 5.16 Å². The number of pyridine rings is 1. The number of benzene rings is 1. The third-order valence-corrected chi connectivity index (χ3v) is 5.13. The van der Waals surface area contributed by atoms with Crippen LogP contribution in [0.5, 0.6) is 0 Å². The van der Waals surface area contributed by atoms with E-state index in [2.05, 4.69) is 20.3 Å². The molecular formula is C19H20N4OS. The zero-order valence-corrected chi connectivity index (χ0v) is 15.5. The Hall–Kier alpha value is -2.47. The molecule has 0 aliphatic rings. The summed E-state index contributed by atoms with van der Waals surface area (Å²) in [5, 5.41) is 4.23. The van der Waals surface area contributed by atoms with Gasteiger partial charge in [0, 0.05) is 23.0 Å². The van der Waals surface area contributed by atoms with Gasteiger partial charge in [-0.2, -0.15) is 0 Å². The molecule has 6 heteroatoms. The van der Waals surface area contributed by atoms with Gasteiger partial charge in [-0.3, -0.25) is 9.78 Å². The van der Waals surface area contributed by atoms with Crippen molar-refractivity contribution in [2.75, 3.05) is 5.32 Å². The lowest BCUT2D eigenvalue weighted by atomic mass is 10.2. The second-order valence-corrected chi connectivity index (χ2v) is 7.23. The van der Waals surface area contributed by atoms with Crippen molar-refractivity contribution in [1.82, 2.24) is 15.0 Å². The number of thioether (sulfide) groups is 1. The van der Waals surface area contributed by atoms with E-state index in [1.54, 1.807) is 6.20 Å². The minimum atomic E-state index is -0.312. The highest BCUT2D eigenvalue weighted by atomic mass is 32.2. The molecule has 0 saturated carbocycles. The molecule has 1 aromatic carbocycles. The molecule has 0 radical (unpaired) electrons. The fraction of sp³-hybridized carbons (Fsp3) is 0.263. The number of rotatable bonds is 4. The maximum atomic E-state index is 12.6. The van der Waals surface area contributed by atoms with Crippen molar-refractivity contribution in [1.29, 1.82) is 0 Å². The smallest absolute Gasteiger partial charge is 0.237 e. The molecule has 1 amide bonds. The van der Waals surface area contributed by atoms with Gasteiger partial charge < -0.3 is 5.32 Å². The average molecular weight is 352 g/mol. The summed E-state index contributed by atoms with van der Waals surface area (Å²) in [5.74, 6) is -0.0826. The lowest BCUT2D eigenvalue weighted by molar-refractivity contribution is -0.115. The molecular weight excluding hydrogens is 332 g/mol. The van der Waals surface area contributed by atoms with Crippen LogP contribution < -0.4 is 5.32 Å². The number of aromatic nitrogens is 3. The third-order valence-electron chi connectivity index (χ3n) is 4.17. The van der Waals surface area contributed by atoms with Crippen molar-refractivity contribution < 1.29 is 4.79 Å². The predicted molar refractivity (Wildman–Crippen MR) is 102 cm³/mol. The first-order chi connectivity index (χ1) is 12.0. The maximum absolute atomic E-state index is 12.6. The van der Waals surface area contributed by atoms with Gasteiger partial charge in [0.15, 0.2) is 5.16 Å². The summed E-state index contributed by atoms with van der Waals surface area (Å²) in [6.45, 7) is 7.78. The average Bonchev–Trinajstić information content (AvgIpc) is 2.60. The first-order valence-electron chi connectivity index (χ1n) is 8.09. The molecule has 2 aromatic heterocycles. The SMILES string of the molecule is Cc1nc(SC(C)C(=O)Nc2cccc3ncccc23)nc(C)c1C. The fourth-order valence-electron chi connectivity index (χ4n) is 2.45. The van der Waals surface area contributed by atoms with Crippen LogP contribution >= 0.6 is 11.8 Å². The first kappa shape index (κ1) is 17.4. The summed E-state index contributed by atoms with van der Waals surface area (Å²) in [6.07, 6.45) is 1.74. The maximum Gasteiger partial charge on any atom is 0.237 e. The molecule has 3 aromatic rings. The molecule has 0 saturated heterocycles. The minimum Gasteiger partial charge on any atom is -0.324 e. The van der Waals surface area contributed by atoms with Crippen LogP contribution in [0.3, 0.4) is 0 Å². The zero-order valence-electron chi connectivity index (χ0n) is 14.7. The molecule has 1 unspecified atom stereocenters. The van der Waals surface area contributed by atoms with E-state index >= 15 is 0 Å². The van der Waals surface area contributed by atoms with Gasteiger partial charge >= 0.3 is 0 Å². The number of hydrogen-bond donors (Lipinski definition) is 1. The van der Waals surface area contributed by atoms with E-state index in [9.17, 15) is 4.79 Å². The van der Waals surface area contributed by atoms with Crippen LogP contribution in [0.1, 0.15) is 23.9 Å². The van der Waals surface area contributed by atoms with Crippen LogP contribution in [0.4, 0.5) is 5.69 Å². The summed E-state index contributed by atoms with van der Waals surface area (Å²) in [4.78, 5) is 25.9. The van der Waals surface area contributed by atoms with Gasteiger partial charge in [0.1, 0.15) is 0 Å². The highest BCUT2D eigenvalue weighted by molar-refractivity contribution is 8.00. The molecule has 1 atom stereocenters. The molecule has 5 nitrogen and oxygen atoms in total. The number of fused-ring (bicyclic) bond motifs is 1. The van der Waals surface area contributed by atoms with Crippen LogP contribution in [-0.2, 0) is 4.79 Å². The van der Waals surface area contributed by atoms with Crippen LogP contribution in [0.25, 0.3) is 10.9 Å². The van der Waals surface area contributed by atoms with Crippen molar-refractivity contribution in [2.45, 2.75) is 38.1 Å². The Morgan fingerprint density at radius 2 is 1.80 bits per heavy atom. The van der Waals surface area contributed by atoms with Crippen molar-refractivity contribution in [3.05, 3.63) is 53.5 Å². The van der Waals surface area contributed by atoms with Crippen LogP contribution in [-0.4, -0.2) is 26.1 Å². The summed E-state index contributed by atoms with van der Waals surface area (Å²) >= 11 is 1.36. The molecule has 2 heterocycles. The van der Waals surface area contributed by atoms with E-state index in [1.807, 2.05) is 58.0 Å². The Morgan fingerprint density at radius 1 is 1.08 bits per heavy atom. The third kappa shape index (κ3) is 3.79. The summed E-state index contributed by atoms with van der Waals surface area (Å²) in [6, 6.07) is 9.51. The Balaban J connectivity index is 1.77. The normalized spacial score (nSPS) is 12.2. The number of anilines is 1. The Bertz CT molecular complexity index is 913. The monoisotopic (exact) mass is 352 g/mol. The number of nitrogens with one attached hydrogen (secondary N) is 1. The van der Waals surface area contributed by atoms with Gasteiger partial charge in [0.25, 0.3) is 0 Å². The van der Waals surface area contributed by atoms with Crippen molar-refractivity contribution in [3.63, 3.8) is 0 Å². The Labute approximate surface area is 151 Å². The number of carbonyl (C=O) groups excluding carboxylic acids is 1. The lowest BCUT2D eigenvalue weighted by Gasteiger charge is -2.13. The number of amides is 1. The first-order valence-corrected chi connectivity index (χ1v) is 8.97. The van der Waals surface area contributed by atoms with Crippen LogP contribution in [0, 0.1) is 20.8 Å². The number of aryl methyl sites for hydroxylation is 2. The second kappa shape index (κ2) is 7.19. The fourth-order valence-corrected chi connectivity index (χ4v) is 3.31. The molecule has 0 aliphatic carbocycles. The molecule has 0 spiro atoms. The van der Waals surface area contributed by atoms with Gasteiger partial charge in [-0.1, -0.05) is 17.8 Å². The van der Waals surface area contributed by atoms with E-state index < -0.39 is 0 Å². The molecule has 0 aliphatic heterocycles. The quantitative estimate of drug-likeness (QED) is 0.566. The Kier molecular flexibility index (Phi) is 4.99. The van der Waals surface area contributed by atoms with Crippen molar-refractivity contribution in [3.8, 4) is 0 Å². The van der Waals surface area contributed by atoms with E-state index in [1.165, 1.54) is 11.8 Å². The van der Waals surface area contributed by atoms with Gasteiger partial charge in [0.2, 0.25) is 5.91 Å². The molecule has 128 valence electrons. The molecule has 25 heavy (non-hydrogen) atoms. The zero-order chi connectivity index (χ0) is 18.0. The standard InChI is InChI=1S/C19H20N4OS/c1-11-12(2)21-19(22-13(11)3)25-14(4)18(24)23-17-9-5-8-16-15(17)7-6-10-20-16/h5-10,14H,1-4H3,(H,23,24). The van der Waals surface area contributed by atoms with Gasteiger partial charge in [-0.25, -0.2) is 9.97 Å². The molecule has 0 bridgehead atoms. The van der Waals surface area contributed by atoms with Crippen molar-refractivity contribution in [2.24, 2.45) is 0 Å². The lowest BCUT2D eigenvalue weighted by Crippen LogP contribution is -2.23. The van der Waals surface area contributed by atoms with Crippen LogP contribution in [0.2, 0.25) is 0 Å². The highest BCUT2D eigenvalue weighted by Gasteiger charge is 2.18. The topological polar surface area (TPSA) is 67.8 Å². The molecule has 1 N–H and O–H groups in total. The van der Waals surface area contributed by atoms with Gasteiger partial charge in [-0.15, -0.1) is 0 Å². The number of nitrogens with zero attached hydrogens (tertiary/aromatic N) is 3. The van der Waals surface area contributed by atoms with Gasteiger partial charge in [-0.05, 0) is 57.5 Å². The van der Waals surface area contributed by atoms with Crippen molar-refractivity contribution >= 4 is 34.3 Å².